The maximum absolute atomic E-state index is 5.66. The summed E-state index contributed by atoms with van der Waals surface area (Å²) in [5.74, 6) is 0.836. The van der Waals surface area contributed by atoms with Crippen molar-refractivity contribution in [3.05, 3.63) is 23.8 Å². The van der Waals surface area contributed by atoms with Crippen LogP contribution in [0, 0.1) is 6.92 Å². The van der Waals surface area contributed by atoms with Gasteiger partial charge in [0.1, 0.15) is 5.82 Å². The average Bonchev–Trinajstić information content (AvgIpc) is 2.37. The van der Waals surface area contributed by atoms with E-state index in [1.807, 2.05) is 19.2 Å². The van der Waals surface area contributed by atoms with E-state index in [1.165, 1.54) is 0 Å². The molecule has 0 aliphatic carbocycles. The first-order valence-electron chi connectivity index (χ1n) is 6.41. The highest BCUT2D eigenvalue weighted by Gasteiger charge is 2.20. The van der Waals surface area contributed by atoms with Gasteiger partial charge in [0.05, 0.1) is 11.8 Å². The van der Waals surface area contributed by atoms with Gasteiger partial charge in [0.2, 0.25) is 0 Å². The molecule has 0 aromatic carbocycles. The molecular formula is C13H21N3O. The number of nitrogens with zero attached hydrogens (tertiary/aromatic N) is 2. The molecular weight excluding hydrogens is 214 g/mol. The van der Waals surface area contributed by atoms with Crippen molar-refractivity contribution in [2.75, 3.05) is 6.61 Å². The minimum absolute atomic E-state index is 0.424. The maximum Gasteiger partial charge on any atom is 0.125 e. The van der Waals surface area contributed by atoms with Crippen molar-refractivity contribution in [2.45, 2.75) is 51.8 Å². The fourth-order valence-corrected chi connectivity index (χ4v) is 2.20. The van der Waals surface area contributed by atoms with Gasteiger partial charge < -0.3 is 10.1 Å². The van der Waals surface area contributed by atoms with E-state index >= 15 is 0 Å². The van der Waals surface area contributed by atoms with Crippen molar-refractivity contribution in [1.29, 1.82) is 0 Å². The van der Waals surface area contributed by atoms with E-state index in [0.29, 0.717) is 12.1 Å². The zero-order chi connectivity index (χ0) is 12.1. The van der Waals surface area contributed by atoms with Crippen molar-refractivity contribution in [2.24, 2.45) is 0 Å². The van der Waals surface area contributed by atoms with Crippen LogP contribution in [-0.4, -0.2) is 28.7 Å². The Morgan fingerprint density at radius 1 is 1.53 bits per heavy atom. The summed E-state index contributed by atoms with van der Waals surface area (Å²) in [5, 5.41) is 3.56. The van der Waals surface area contributed by atoms with Gasteiger partial charge in [0.15, 0.2) is 0 Å². The molecule has 0 saturated carbocycles. The molecule has 0 amide bonds. The van der Waals surface area contributed by atoms with Crippen LogP contribution in [0.4, 0.5) is 0 Å². The standard InChI is InChI=1S/C13H21N3O/c1-3-13-8-11(5-7-17-13)15-9-12-4-6-14-10(2)16-12/h4,6,11,13,15H,3,5,7-9H2,1-2H3. The molecule has 1 aromatic heterocycles. The second-order valence-corrected chi connectivity index (χ2v) is 4.60. The van der Waals surface area contributed by atoms with Crippen LogP contribution in [0.15, 0.2) is 12.3 Å². The van der Waals surface area contributed by atoms with Crippen LogP contribution < -0.4 is 5.32 Å². The molecule has 1 saturated heterocycles. The second kappa shape index (κ2) is 6.07. The summed E-state index contributed by atoms with van der Waals surface area (Å²) in [4.78, 5) is 8.49. The zero-order valence-corrected chi connectivity index (χ0v) is 10.6. The first kappa shape index (κ1) is 12.5. The van der Waals surface area contributed by atoms with E-state index in [1.54, 1.807) is 0 Å². The van der Waals surface area contributed by atoms with Gasteiger partial charge in [-0.05, 0) is 32.3 Å². The third kappa shape index (κ3) is 3.75. The molecule has 1 N–H and O–H groups in total. The molecule has 1 aliphatic rings. The highest BCUT2D eigenvalue weighted by molar-refractivity contribution is 5.01. The third-order valence-electron chi connectivity index (χ3n) is 3.23. The molecule has 1 fully saturated rings. The fraction of sp³-hybridized carbons (Fsp3) is 0.692. The maximum atomic E-state index is 5.66. The smallest absolute Gasteiger partial charge is 0.125 e. The Morgan fingerprint density at radius 2 is 2.41 bits per heavy atom. The van der Waals surface area contributed by atoms with Gasteiger partial charge in [-0.15, -0.1) is 0 Å². The van der Waals surface area contributed by atoms with Crippen LogP contribution in [0.3, 0.4) is 0 Å². The molecule has 2 rings (SSSR count). The monoisotopic (exact) mass is 235 g/mol. The Balaban J connectivity index is 1.81. The minimum atomic E-state index is 0.424. The third-order valence-corrected chi connectivity index (χ3v) is 3.23. The summed E-state index contributed by atoms with van der Waals surface area (Å²) in [6, 6.07) is 2.53. The SMILES string of the molecule is CCC1CC(NCc2ccnc(C)n2)CCO1. The van der Waals surface area contributed by atoms with Crippen molar-refractivity contribution < 1.29 is 4.74 Å². The van der Waals surface area contributed by atoms with Gasteiger partial charge >= 0.3 is 0 Å². The number of aryl methyl sites for hydroxylation is 1. The number of aromatic nitrogens is 2. The first-order valence-corrected chi connectivity index (χ1v) is 6.41. The van der Waals surface area contributed by atoms with Gasteiger partial charge in [-0.25, -0.2) is 9.97 Å². The Bertz CT molecular complexity index is 356. The Kier molecular flexibility index (Phi) is 4.45. The largest absolute Gasteiger partial charge is 0.378 e. The number of hydrogen-bond acceptors (Lipinski definition) is 4. The van der Waals surface area contributed by atoms with Crippen LogP contribution in [0.5, 0.6) is 0 Å². The van der Waals surface area contributed by atoms with Crippen LogP contribution in [0.1, 0.15) is 37.7 Å². The van der Waals surface area contributed by atoms with Crippen molar-refractivity contribution in [3.8, 4) is 0 Å². The van der Waals surface area contributed by atoms with E-state index in [9.17, 15) is 0 Å². The lowest BCUT2D eigenvalue weighted by Crippen LogP contribution is -2.38. The fourth-order valence-electron chi connectivity index (χ4n) is 2.20. The van der Waals surface area contributed by atoms with Crippen molar-refractivity contribution >= 4 is 0 Å². The van der Waals surface area contributed by atoms with E-state index in [4.69, 9.17) is 4.74 Å². The second-order valence-electron chi connectivity index (χ2n) is 4.60. The Hall–Kier alpha value is -1.00. The number of hydrogen-bond donors (Lipinski definition) is 1. The summed E-state index contributed by atoms with van der Waals surface area (Å²) < 4.78 is 5.66. The Morgan fingerprint density at radius 3 is 3.18 bits per heavy atom. The molecule has 94 valence electrons. The number of nitrogens with one attached hydrogen (secondary N) is 1. The lowest BCUT2D eigenvalue weighted by atomic mass is 10.0. The summed E-state index contributed by atoms with van der Waals surface area (Å²) in [7, 11) is 0. The highest BCUT2D eigenvalue weighted by atomic mass is 16.5. The molecule has 0 radical (unpaired) electrons. The van der Waals surface area contributed by atoms with Crippen molar-refractivity contribution in [1.82, 2.24) is 15.3 Å². The van der Waals surface area contributed by atoms with Gasteiger partial charge in [-0.2, -0.15) is 0 Å². The molecule has 2 unspecified atom stereocenters. The van der Waals surface area contributed by atoms with E-state index in [0.717, 1.165) is 43.9 Å². The summed E-state index contributed by atoms with van der Waals surface area (Å²) in [6.45, 7) is 5.80. The average molecular weight is 235 g/mol. The molecule has 2 atom stereocenters. The molecule has 0 spiro atoms. The van der Waals surface area contributed by atoms with Gasteiger partial charge in [-0.1, -0.05) is 6.92 Å². The van der Waals surface area contributed by atoms with Gasteiger partial charge in [0, 0.05) is 25.4 Å². The normalized spacial score (nSPS) is 24.8. The highest BCUT2D eigenvalue weighted by Crippen LogP contribution is 2.16. The topological polar surface area (TPSA) is 47.0 Å². The lowest BCUT2D eigenvalue weighted by Gasteiger charge is -2.29. The molecule has 2 heterocycles. The number of ether oxygens (including phenoxy) is 1. The first-order chi connectivity index (χ1) is 8.28. The minimum Gasteiger partial charge on any atom is -0.378 e. The summed E-state index contributed by atoms with van der Waals surface area (Å²) >= 11 is 0. The van der Waals surface area contributed by atoms with Gasteiger partial charge in [0.25, 0.3) is 0 Å². The van der Waals surface area contributed by atoms with Gasteiger partial charge in [-0.3, -0.25) is 0 Å². The quantitative estimate of drug-likeness (QED) is 0.865. The summed E-state index contributed by atoms with van der Waals surface area (Å²) in [6.07, 6.45) is 5.55. The van der Waals surface area contributed by atoms with Crippen LogP contribution in [-0.2, 0) is 11.3 Å². The van der Waals surface area contributed by atoms with E-state index < -0.39 is 0 Å². The van der Waals surface area contributed by atoms with Crippen LogP contribution in [0.2, 0.25) is 0 Å². The molecule has 0 bridgehead atoms. The molecule has 1 aliphatic heterocycles. The van der Waals surface area contributed by atoms with Crippen molar-refractivity contribution in [3.63, 3.8) is 0 Å². The predicted octanol–water partition coefficient (Wildman–Crippen LogP) is 1.83. The molecule has 17 heavy (non-hydrogen) atoms. The van der Waals surface area contributed by atoms with E-state index in [-0.39, 0.29) is 0 Å². The van der Waals surface area contributed by atoms with Crippen LogP contribution in [0.25, 0.3) is 0 Å². The number of rotatable bonds is 4. The summed E-state index contributed by atoms with van der Waals surface area (Å²) in [5.41, 5.74) is 1.07. The van der Waals surface area contributed by atoms with E-state index in [2.05, 4.69) is 22.2 Å². The zero-order valence-electron chi connectivity index (χ0n) is 10.6. The van der Waals surface area contributed by atoms with Crippen LogP contribution >= 0.6 is 0 Å². The molecule has 4 heteroatoms. The molecule has 4 nitrogen and oxygen atoms in total. The lowest BCUT2D eigenvalue weighted by molar-refractivity contribution is -0.000373. The Labute approximate surface area is 103 Å². The predicted molar refractivity (Wildman–Crippen MR) is 66.7 cm³/mol. The molecule has 1 aromatic rings.